The van der Waals surface area contributed by atoms with Crippen molar-refractivity contribution in [3.8, 4) is 0 Å². The number of hydrogen-bond acceptors (Lipinski definition) is 4. The molecule has 0 heterocycles. The number of hydrogen-bond donors (Lipinski definition) is 1. The Morgan fingerprint density at radius 1 is 1.78 bits per heavy atom. The second-order valence-corrected chi connectivity index (χ2v) is 1.39. The van der Waals surface area contributed by atoms with Crippen LogP contribution in [0.5, 0.6) is 0 Å². The predicted molar refractivity (Wildman–Crippen MR) is 30.7 cm³/mol. The van der Waals surface area contributed by atoms with Crippen LogP contribution in [0.25, 0.3) is 0 Å². The van der Waals surface area contributed by atoms with E-state index in [2.05, 4.69) is 4.74 Å². The molecule has 0 fully saturated rings. The van der Waals surface area contributed by atoms with Crippen LogP contribution in [0.1, 0.15) is 0 Å². The zero-order valence-corrected chi connectivity index (χ0v) is 5.01. The number of carbonyl (C=O) groups excluding carboxylic acids is 2. The molecular formula is C5H7NO3. The summed E-state index contributed by atoms with van der Waals surface area (Å²) in [5, 5.41) is 6.65. The summed E-state index contributed by atoms with van der Waals surface area (Å²) in [6, 6.07) is 0. The molecule has 0 rings (SSSR count). The van der Waals surface area contributed by atoms with Gasteiger partial charge in [-0.25, -0.2) is 0 Å². The third-order valence-electron chi connectivity index (χ3n) is 0.694. The summed E-state index contributed by atoms with van der Waals surface area (Å²) in [6.07, 6.45) is 0.196. The quantitative estimate of drug-likeness (QED) is 0.313. The van der Waals surface area contributed by atoms with Gasteiger partial charge in [0.1, 0.15) is 12.3 Å². The molecule has 0 aromatic heterocycles. The number of nitrogens with one attached hydrogen (secondary N) is 1. The summed E-state index contributed by atoms with van der Waals surface area (Å²) < 4.78 is 4.38. The number of ether oxygens (including phenoxy) is 1. The molecule has 0 saturated heterocycles. The second-order valence-electron chi connectivity index (χ2n) is 1.39. The third kappa shape index (κ3) is 2.71. The summed E-state index contributed by atoms with van der Waals surface area (Å²) in [7, 11) is 1.33. The van der Waals surface area contributed by atoms with Crippen molar-refractivity contribution in [3.05, 3.63) is 0 Å². The van der Waals surface area contributed by atoms with E-state index in [1.807, 2.05) is 0 Å². The van der Waals surface area contributed by atoms with Crippen molar-refractivity contribution >= 4 is 17.8 Å². The molecule has 0 aliphatic carbocycles. The van der Waals surface area contributed by atoms with Crippen molar-refractivity contribution in [2.75, 3.05) is 13.7 Å². The van der Waals surface area contributed by atoms with Crippen LogP contribution in [0.4, 0.5) is 0 Å². The van der Waals surface area contributed by atoms with Crippen LogP contribution in [0.15, 0.2) is 0 Å². The molecule has 0 aliphatic heterocycles. The first kappa shape index (κ1) is 7.97. The van der Waals surface area contributed by atoms with Gasteiger partial charge in [0.25, 0.3) is 0 Å². The lowest BCUT2D eigenvalue weighted by Gasteiger charge is -1.91. The number of carbonyl (C=O) groups is 2. The van der Waals surface area contributed by atoms with E-state index in [9.17, 15) is 9.59 Å². The number of aldehydes is 1. The zero-order chi connectivity index (χ0) is 7.28. The lowest BCUT2D eigenvalue weighted by atomic mass is 10.3. The highest BCUT2D eigenvalue weighted by Gasteiger charge is 2.05. The Labute approximate surface area is 52.3 Å². The average Bonchev–Trinajstić information content (AvgIpc) is 1.87. The fourth-order valence-electron chi connectivity index (χ4n) is 0.275. The highest BCUT2D eigenvalue weighted by Crippen LogP contribution is 1.74. The van der Waals surface area contributed by atoms with Crippen molar-refractivity contribution in [1.82, 2.24) is 0 Å². The van der Waals surface area contributed by atoms with Crippen LogP contribution in [0.2, 0.25) is 0 Å². The van der Waals surface area contributed by atoms with Gasteiger partial charge in [-0.1, -0.05) is 0 Å². The summed E-state index contributed by atoms with van der Waals surface area (Å²) >= 11 is 0. The molecule has 4 nitrogen and oxygen atoms in total. The number of methoxy groups -OCH3 is 1. The fourth-order valence-corrected chi connectivity index (χ4v) is 0.275. The summed E-state index contributed by atoms with van der Waals surface area (Å²) in [6.45, 7) is -0.197. The molecule has 1 N–H and O–H groups in total. The van der Waals surface area contributed by atoms with Gasteiger partial charge in [-0.3, -0.25) is 15.0 Å². The van der Waals surface area contributed by atoms with Crippen LogP contribution in [0.3, 0.4) is 0 Å². The van der Waals surface area contributed by atoms with Crippen LogP contribution >= 0.6 is 0 Å². The maximum absolute atomic E-state index is 10.4. The van der Waals surface area contributed by atoms with Crippen LogP contribution in [-0.2, 0) is 14.3 Å². The number of rotatable bonds is 4. The van der Waals surface area contributed by atoms with Crippen molar-refractivity contribution in [3.63, 3.8) is 0 Å². The predicted octanol–water partition coefficient (Wildman–Crippen LogP) is -0.579. The number of Topliss-reactive ketones (excluding diaryl/α,β-unsaturated/α-hetero) is 1. The largest absolute Gasteiger partial charge is 0.376 e. The first-order valence-electron chi connectivity index (χ1n) is 2.28. The minimum atomic E-state index is -0.590. The molecule has 0 radical (unpaired) electrons. The van der Waals surface area contributed by atoms with Crippen molar-refractivity contribution in [2.45, 2.75) is 0 Å². The van der Waals surface area contributed by atoms with E-state index in [-0.39, 0.29) is 12.9 Å². The molecular weight excluding hydrogens is 122 g/mol. The van der Waals surface area contributed by atoms with E-state index >= 15 is 0 Å². The van der Waals surface area contributed by atoms with E-state index in [1.165, 1.54) is 7.11 Å². The van der Waals surface area contributed by atoms with Gasteiger partial charge in [-0.05, 0) is 0 Å². The summed E-state index contributed by atoms with van der Waals surface area (Å²) in [4.78, 5) is 20.1. The Balaban J connectivity index is 3.73. The molecule has 0 bridgehead atoms. The van der Waals surface area contributed by atoms with E-state index in [4.69, 9.17) is 5.41 Å². The van der Waals surface area contributed by atoms with E-state index < -0.39 is 11.5 Å². The SMILES string of the molecule is COCC(=O)C(=N)C=O. The van der Waals surface area contributed by atoms with E-state index in [1.54, 1.807) is 0 Å². The van der Waals surface area contributed by atoms with E-state index in [0.29, 0.717) is 0 Å². The normalized spacial score (nSPS) is 8.56. The van der Waals surface area contributed by atoms with Crippen LogP contribution in [-0.4, -0.2) is 31.5 Å². The van der Waals surface area contributed by atoms with Gasteiger partial charge in [0.2, 0.25) is 5.78 Å². The Morgan fingerprint density at radius 3 is 2.67 bits per heavy atom. The van der Waals surface area contributed by atoms with Gasteiger partial charge in [0, 0.05) is 7.11 Å². The first-order valence-corrected chi connectivity index (χ1v) is 2.28. The summed E-state index contributed by atoms with van der Waals surface area (Å²) in [5.74, 6) is -0.590. The molecule has 0 unspecified atom stereocenters. The molecule has 0 atom stereocenters. The molecule has 0 aliphatic rings. The Kier molecular flexibility index (Phi) is 3.46. The molecule has 0 aromatic carbocycles. The van der Waals surface area contributed by atoms with Gasteiger partial charge in [0.05, 0.1) is 0 Å². The zero-order valence-electron chi connectivity index (χ0n) is 5.01. The van der Waals surface area contributed by atoms with Crippen LogP contribution in [0, 0.1) is 5.41 Å². The molecule has 0 amide bonds. The van der Waals surface area contributed by atoms with Gasteiger partial charge in [-0.2, -0.15) is 0 Å². The minimum Gasteiger partial charge on any atom is -0.376 e. The maximum atomic E-state index is 10.4. The average molecular weight is 129 g/mol. The molecule has 0 spiro atoms. The molecule has 0 saturated carbocycles. The van der Waals surface area contributed by atoms with Gasteiger partial charge in [-0.15, -0.1) is 0 Å². The highest BCUT2D eigenvalue weighted by molar-refractivity contribution is 6.59. The second kappa shape index (κ2) is 3.91. The van der Waals surface area contributed by atoms with Crippen molar-refractivity contribution < 1.29 is 14.3 Å². The number of ketones is 1. The van der Waals surface area contributed by atoms with Gasteiger partial charge in [0.15, 0.2) is 6.29 Å². The molecule has 4 heteroatoms. The maximum Gasteiger partial charge on any atom is 0.209 e. The lowest BCUT2D eigenvalue weighted by Crippen LogP contribution is -2.18. The van der Waals surface area contributed by atoms with Crippen molar-refractivity contribution in [2.24, 2.45) is 0 Å². The fraction of sp³-hybridized carbons (Fsp3) is 0.400. The molecule has 50 valence electrons. The van der Waals surface area contributed by atoms with Crippen molar-refractivity contribution in [1.29, 1.82) is 5.41 Å². The van der Waals surface area contributed by atoms with Crippen LogP contribution < -0.4 is 0 Å². The Morgan fingerprint density at radius 2 is 2.33 bits per heavy atom. The van der Waals surface area contributed by atoms with Gasteiger partial charge >= 0.3 is 0 Å². The highest BCUT2D eigenvalue weighted by atomic mass is 16.5. The minimum absolute atomic E-state index is 0.196. The first-order chi connectivity index (χ1) is 4.22. The summed E-state index contributed by atoms with van der Waals surface area (Å²) in [5.41, 5.74) is -0.545. The Hall–Kier alpha value is -1.03. The standard InChI is InChI=1S/C5H7NO3/c1-9-3-5(8)4(6)2-7/h2,6H,3H2,1H3. The topological polar surface area (TPSA) is 67.2 Å². The Bertz CT molecular complexity index is 141. The monoisotopic (exact) mass is 129 g/mol. The smallest absolute Gasteiger partial charge is 0.209 e. The molecule has 0 aromatic rings. The van der Waals surface area contributed by atoms with Gasteiger partial charge < -0.3 is 4.74 Å². The third-order valence-corrected chi connectivity index (χ3v) is 0.694. The lowest BCUT2D eigenvalue weighted by molar-refractivity contribution is -0.117. The molecule has 9 heavy (non-hydrogen) atoms. The van der Waals surface area contributed by atoms with E-state index in [0.717, 1.165) is 0 Å².